The van der Waals surface area contributed by atoms with Crippen LogP contribution in [0.4, 0.5) is 0 Å². The van der Waals surface area contributed by atoms with Gasteiger partial charge in [-0.25, -0.2) is 4.79 Å². The predicted octanol–water partition coefficient (Wildman–Crippen LogP) is 3.48. The van der Waals surface area contributed by atoms with Gasteiger partial charge < -0.3 is 14.9 Å². The summed E-state index contributed by atoms with van der Waals surface area (Å²) in [5.41, 5.74) is 2.45. The lowest BCUT2D eigenvalue weighted by atomic mass is 10.0. The highest BCUT2D eigenvalue weighted by atomic mass is 16.5. The number of ether oxygens (including phenoxy) is 2. The van der Waals surface area contributed by atoms with Crippen molar-refractivity contribution in [3.05, 3.63) is 60.2 Å². The summed E-state index contributed by atoms with van der Waals surface area (Å²) in [6.07, 6.45) is -0.983. The van der Waals surface area contributed by atoms with Crippen LogP contribution in [0.2, 0.25) is 0 Å². The van der Waals surface area contributed by atoms with Gasteiger partial charge in [0, 0.05) is 0 Å². The van der Waals surface area contributed by atoms with E-state index in [4.69, 9.17) is 10.1 Å². The molecule has 0 aliphatic rings. The molecule has 0 saturated carbocycles. The van der Waals surface area contributed by atoms with Gasteiger partial charge in [-0.3, -0.25) is 4.79 Å². The Morgan fingerprint density at radius 3 is 2.17 bits per heavy atom. The van der Waals surface area contributed by atoms with E-state index in [0.717, 1.165) is 11.1 Å². The van der Waals surface area contributed by atoms with Crippen molar-refractivity contribution >= 4 is 17.7 Å². The number of carbonyl (C=O) groups is 2. The molecule has 0 radical (unpaired) electrons. The molecule has 0 amide bonds. The third-order valence-corrected chi connectivity index (χ3v) is 3.56. The van der Waals surface area contributed by atoms with E-state index in [0.29, 0.717) is 5.56 Å². The molecule has 0 aliphatic carbocycles. The molecule has 1 atom stereocenters. The Labute approximate surface area is 140 Å². The van der Waals surface area contributed by atoms with Gasteiger partial charge in [-0.1, -0.05) is 42.5 Å². The van der Waals surface area contributed by atoms with Crippen molar-refractivity contribution in [3.8, 4) is 11.1 Å². The highest BCUT2D eigenvalue weighted by Crippen LogP contribution is 2.19. The second kappa shape index (κ2) is 8.06. The Bertz CT molecular complexity index is 723. The van der Waals surface area contributed by atoms with Gasteiger partial charge in [0.1, 0.15) is 6.10 Å². The minimum Gasteiger partial charge on any atom is -0.469 e. The van der Waals surface area contributed by atoms with Crippen LogP contribution in [0.15, 0.2) is 54.6 Å². The first-order valence-corrected chi connectivity index (χ1v) is 7.52. The zero-order chi connectivity index (χ0) is 17.5. The van der Waals surface area contributed by atoms with Crippen LogP contribution < -0.4 is 0 Å². The number of hydrogen-bond donors (Lipinski definition) is 1. The van der Waals surface area contributed by atoms with Crippen LogP contribution >= 0.6 is 0 Å². The van der Waals surface area contributed by atoms with Crippen molar-refractivity contribution in [2.45, 2.75) is 19.4 Å². The molecule has 0 fully saturated rings. The van der Waals surface area contributed by atoms with Crippen molar-refractivity contribution in [1.82, 2.24) is 0 Å². The largest absolute Gasteiger partial charge is 0.469 e. The number of benzene rings is 2. The maximum Gasteiger partial charge on any atom is 0.338 e. The predicted molar refractivity (Wildman–Crippen MR) is 91.1 cm³/mol. The highest BCUT2D eigenvalue weighted by Gasteiger charge is 2.18. The molecule has 0 aliphatic heterocycles. The SMILES string of the molecule is COC(=O)CC(=N)C(C)OC(=O)c1ccc(-c2ccccc2)cc1. The fourth-order valence-corrected chi connectivity index (χ4v) is 2.10. The molecule has 0 heterocycles. The zero-order valence-corrected chi connectivity index (χ0v) is 13.6. The van der Waals surface area contributed by atoms with Crippen LogP contribution in [0.3, 0.4) is 0 Å². The van der Waals surface area contributed by atoms with Crippen LogP contribution in [-0.2, 0) is 14.3 Å². The monoisotopic (exact) mass is 325 g/mol. The lowest BCUT2D eigenvalue weighted by Crippen LogP contribution is -2.26. The normalized spacial score (nSPS) is 11.4. The number of rotatable bonds is 6. The lowest BCUT2D eigenvalue weighted by molar-refractivity contribution is -0.139. The molecule has 124 valence electrons. The molecular formula is C19H19NO4. The lowest BCUT2D eigenvalue weighted by Gasteiger charge is -2.14. The maximum absolute atomic E-state index is 12.1. The molecule has 5 heteroatoms. The average molecular weight is 325 g/mol. The molecule has 5 nitrogen and oxygen atoms in total. The van der Waals surface area contributed by atoms with Gasteiger partial charge in [-0.05, 0) is 30.2 Å². The first-order chi connectivity index (χ1) is 11.5. The van der Waals surface area contributed by atoms with Crippen LogP contribution in [0.1, 0.15) is 23.7 Å². The molecule has 0 bridgehead atoms. The Morgan fingerprint density at radius 1 is 1.00 bits per heavy atom. The summed E-state index contributed by atoms with van der Waals surface area (Å²) in [4.78, 5) is 23.3. The third-order valence-electron chi connectivity index (χ3n) is 3.56. The second-order valence-electron chi connectivity index (χ2n) is 5.27. The number of esters is 2. The van der Waals surface area contributed by atoms with E-state index < -0.39 is 18.0 Å². The van der Waals surface area contributed by atoms with E-state index in [2.05, 4.69) is 4.74 Å². The van der Waals surface area contributed by atoms with Gasteiger partial charge in [0.25, 0.3) is 0 Å². The van der Waals surface area contributed by atoms with E-state index in [-0.39, 0.29) is 12.1 Å². The molecule has 24 heavy (non-hydrogen) atoms. The zero-order valence-electron chi connectivity index (χ0n) is 13.6. The highest BCUT2D eigenvalue weighted by molar-refractivity contribution is 6.01. The Hall–Kier alpha value is -2.95. The summed E-state index contributed by atoms with van der Waals surface area (Å²) in [7, 11) is 1.25. The Balaban J connectivity index is 2.00. The van der Waals surface area contributed by atoms with Crippen molar-refractivity contribution in [2.24, 2.45) is 0 Å². The summed E-state index contributed by atoms with van der Waals surface area (Å²) < 4.78 is 9.71. The summed E-state index contributed by atoms with van der Waals surface area (Å²) in [6.45, 7) is 1.56. The molecule has 0 aromatic heterocycles. The first kappa shape index (κ1) is 17.4. The Morgan fingerprint density at radius 2 is 1.58 bits per heavy atom. The smallest absolute Gasteiger partial charge is 0.338 e. The van der Waals surface area contributed by atoms with Crippen LogP contribution in [0.25, 0.3) is 11.1 Å². The third kappa shape index (κ3) is 4.52. The summed E-state index contributed by atoms with van der Waals surface area (Å²) in [5, 5.41) is 7.75. The summed E-state index contributed by atoms with van der Waals surface area (Å²) in [5.74, 6) is -1.06. The topological polar surface area (TPSA) is 76.5 Å². The van der Waals surface area contributed by atoms with Gasteiger partial charge in [0.2, 0.25) is 0 Å². The molecule has 0 saturated heterocycles. The fraction of sp³-hybridized carbons (Fsp3) is 0.211. The van der Waals surface area contributed by atoms with E-state index in [9.17, 15) is 9.59 Å². The van der Waals surface area contributed by atoms with E-state index in [1.165, 1.54) is 7.11 Å². The molecule has 1 N–H and O–H groups in total. The number of carbonyl (C=O) groups excluding carboxylic acids is 2. The van der Waals surface area contributed by atoms with Crippen molar-refractivity contribution in [1.29, 1.82) is 5.41 Å². The van der Waals surface area contributed by atoms with Gasteiger partial charge in [0.15, 0.2) is 0 Å². The molecule has 1 unspecified atom stereocenters. The van der Waals surface area contributed by atoms with Gasteiger partial charge in [0.05, 0.1) is 24.8 Å². The van der Waals surface area contributed by atoms with E-state index in [1.54, 1.807) is 19.1 Å². The maximum atomic E-state index is 12.1. The fourth-order valence-electron chi connectivity index (χ4n) is 2.10. The molecule has 2 aromatic rings. The van der Waals surface area contributed by atoms with Gasteiger partial charge >= 0.3 is 11.9 Å². The molecule has 0 spiro atoms. The Kier molecular flexibility index (Phi) is 5.84. The average Bonchev–Trinajstić information content (AvgIpc) is 2.62. The summed E-state index contributed by atoms with van der Waals surface area (Å²) >= 11 is 0. The van der Waals surface area contributed by atoms with Crippen LogP contribution in [0.5, 0.6) is 0 Å². The standard InChI is InChI=1S/C19H19NO4/c1-13(17(20)12-18(21)23-2)24-19(22)16-10-8-15(9-11-16)14-6-4-3-5-7-14/h3-11,13,20H,12H2,1-2H3. The minimum atomic E-state index is -0.787. The molecule has 2 rings (SSSR count). The number of methoxy groups -OCH3 is 1. The first-order valence-electron chi connectivity index (χ1n) is 7.52. The van der Waals surface area contributed by atoms with Gasteiger partial charge in [-0.15, -0.1) is 0 Å². The van der Waals surface area contributed by atoms with E-state index in [1.807, 2.05) is 42.5 Å². The van der Waals surface area contributed by atoms with Crippen molar-refractivity contribution in [3.63, 3.8) is 0 Å². The van der Waals surface area contributed by atoms with Gasteiger partial charge in [-0.2, -0.15) is 0 Å². The molecular weight excluding hydrogens is 306 g/mol. The van der Waals surface area contributed by atoms with Crippen molar-refractivity contribution in [2.75, 3.05) is 7.11 Å². The number of nitrogens with one attached hydrogen (secondary N) is 1. The number of hydrogen-bond acceptors (Lipinski definition) is 5. The van der Waals surface area contributed by atoms with Crippen LogP contribution in [-0.4, -0.2) is 30.9 Å². The minimum absolute atomic E-state index is 0.00361. The van der Waals surface area contributed by atoms with E-state index >= 15 is 0 Å². The second-order valence-corrected chi connectivity index (χ2v) is 5.27. The summed E-state index contributed by atoms with van der Waals surface area (Å²) in [6, 6.07) is 16.9. The van der Waals surface area contributed by atoms with Crippen LogP contribution in [0, 0.1) is 5.41 Å². The molecule has 2 aromatic carbocycles. The van der Waals surface area contributed by atoms with Crippen molar-refractivity contribution < 1.29 is 19.1 Å². The quantitative estimate of drug-likeness (QED) is 0.651.